The van der Waals surface area contributed by atoms with Gasteiger partial charge in [0.25, 0.3) is 0 Å². The van der Waals surface area contributed by atoms with Crippen molar-refractivity contribution >= 4 is 17.4 Å². The third kappa shape index (κ3) is 3.54. The molecule has 0 radical (unpaired) electrons. The number of ether oxygens (including phenoxy) is 1. The Labute approximate surface area is 119 Å². The van der Waals surface area contributed by atoms with Gasteiger partial charge in [0, 0.05) is 16.7 Å². The first kappa shape index (κ1) is 14.5. The average molecular weight is 297 g/mol. The molecule has 0 fully saturated rings. The van der Waals surface area contributed by atoms with Crippen molar-refractivity contribution in [2.24, 2.45) is 0 Å². The molecule has 20 heavy (non-hydrogen) atoms. The minimum Gasteiger partial charge on any atom is -0.483 e. The van der Waals surface area contributed by atoms with Crippen LogP contribution in [0.4, 0.5) is 8.78 Å². The Morgan fingerprint density at radius 3 is 2.40 bits per heavy atom. The zero-order valence-electron chi connectivity index (χ0n) is 10.6. The molecule has 0 saturated carbocycles. The summed E-state index contributed by atoms with van der Waals surface area (Å²) < 4.78 is 31.6. The number of carbonyl (C=O) groups excluding carboxylic acids is 1. The van der Waals surface area contributed by atoms with Gasteiger partial charge in [-0.05, 0) is 37.3 Å². The second-order valence-electron chi connectivity index (χ2n) is 4.24. The molecule has 0 saturated heterocycles. The number of Topliss-reactive ketones (excluding diaryl/α,β-unsaturated/α-hetero) is 1. The first-order chi connectivity index (χ1) is 9.45. The monoisotopic (exact) mass is 296 g/mol. The van der Waals surface area contributed by atoms with E-state index in [4.69, 9.17) is 16.3 Å². The Morgan fingerprint density at radius 1 is 1.15 bits per heavy atom. The molecule has 5 heteroatoms. The topological polar surface area (TPSA) is 26.3 Å². The van der Waals surface area contributed by atoms with E-state index in [1.807, 2.05) is 0 Å². The Hall–Kier alpha value is -1.94. The number of rotatable bonds is 4. The maximum Gasteiger partial charge on any atom is 0.203 e. The standard InChI is InChI=1S/C15H11ClF2O2/c1-9(20-14-4-2-3-11(16)7-14)15(19)10-5-12(17)8-13(18)6-10/h2-9H,1H3. The zero-order valence-corrected chi connectivity index (χ0v) is 11.3. The predicted molar refractivity (Wildman–Crippen MR) is 72.2 cm³/mol. The highest BCUT2D eigenvalue weighted by atomic mass is 35.5. The molecular weight excluding hydrogens is 286 g/mol. The number of halogens is 3. The normalized spacial score (nSPS) is 12.0. The number of hydrogen-bond acceptors (Lipinski definition) is 2. The van der Waals surface area contributed by atoms with Crippen molar-refractivity contribution in [3.63, 3.8) is 0 Å². The van der Waals surface area contributed by atoms with Gasteiger partial charge >= 0.3 is 0 Å². The van der Waals surface area contributed by atoms with E-state index < -0.39 is 23.5 Å². The van der Waals surface area contributed by atoms with E-state index in [0.29, 0.717) is 16.8 Å². The molecule has 0 aromatic heterocycles. The Balaban J connectivity index is 2.16. The van der Waals surface area contributed by atoms with Gasteiger partial charge < -0.3 is 4.74 Å². The van der Waals surface area contributed by atoms with E-state index >= 15 is 0 Å². The number of ketones is 1. The summed E-state index contributed by atoms with van der Waals surface area (Å²) in [4.78, 5) is 12.0. The SMILES string of the molecule is CC(Oc1cccc(Cl)c1)C(=O)c1cc(F)cc(F)c1. The van der Waals surface area contributed by atoms with E-state index in [2.05, 4.69) is 0 Å². The zero-order chi connectivity index (χ0) is 14.7. The Morgan fingerprint density at radius 2 is 1.80 bits per heavy atom. The van der Waals surface area contributed by atoms with Crippen molar-refractivity contribution in [2.75, 3.05) is 0 Å². The minimum absolute atomic E-state index is 0.0722. The smallest absolute Gasteiger partial charge is 0.203 e. The molecule has 1 atom stereocenters. The van der Waals surface area contributed by atoms with Gasteiger partial charge in [-0.1, -0.05) is 17.7 Å². The molecule has 2 rings (SSSR count). The van der Waals surface area contributed by atoms with Gasteiger partial charge in [0.1, 0.15) is 17.4 Å². The van der Waals surface area contributed by atoms with Gasteiger partial charge in [-0.2, -0.15) is 0 Å². The molecule has 0 aliphatic heterocycles. The van der Waals surface area contributed by atoms with Crippen LogP contribution in [0.15, 0.2) is 42.5 Å². The largest absolute Gasteiger partial charge is 0.483 e. The summed E-state index contributed by atoms with van der Waals surface area (Å²) in [7, 11) is 0. The van der Waals surface area contributed by atoms with Crippen LogP contribution in [0.3, 0.4) is 0 Å². The third-order valence-corrected chi connectivity index (χ3v) is 2.86. The molecule has 2 nitrogen and oxygen atoms in total. The quantitative estimate of drug-likeness (QED) is 0.788. The van der Waals surface area contributed by atoms with Crippen molar-refractivity contribution in [1.29, 1.82) is 0 Å². The lowest BCUT2D eigenvalue weighted by Gasteiger charge is -2.14. The predicted octanol–water partition coefficient (Wildman–Crippen LogP) is 4.27. The first-order valence-corrected chi connectivity index (χ1v) is 6.26. The molecule has 0 heterocycles. The average Bonchev–Trinajstić information content (AvgIpc) is 2.36. The molecule has 0 N–H and O–H groups in total. The fourth-order valence-electron chi connectivity index (χ4n) is 1.73. The number of benzene rings is 2. The van der Waals surface area contributed by atoms with E-state index in [-0.39, 0.29) is 5.56 Å². The van der Waals surface area contributed by atoms with E-state index in [0.717, 1.165) is 12.1 Å². The molecule has 1 unspecified atom stereocenters. The van der Waals surface area contributed by atoms with Gasteiger partial charge in [-0.15, -0.1) is 0 Å². The van der Waals surface area contributed by atoms with E-state index in [9.17, 15) is 13.6 Å². The lowest BCUT2D eigenvalue weighted by molar-refractivity contribution is 0.0817. The van der Waals surface area contributed by atoms with Crippen molar-refractivity contribution in [3.05, 3.63) is 64.7 Å². The van der Waals surface area contributed by atoms with Gasteiger partial charge in [0.15, 0.2) is 6.10 Å². The van der Waals surface area contributed by atoms with Gasteiger partial charge in [0.05, 0.1) is 0 Å². The molecule has 2 aromatic carbocycles. The maximum absolute atomic E-state index is 13.1. The number of hydrogen-bond donors (Lipinski definition) is 0. The molecule has 0 amide bonds. The molecule has 2 aromatic rings. The second kappa shape index (κ2) is 6.01. The van der Waals surface area contributed by atoms with Crippen LogP contribution in [0.1, 0.15) is 17.3 Å². The molecule has 0 aliphatic carbocycles. The van der Waals surface area contributed by atoms with Crippen LogP contribution < -0.4 is 4.74 Å². The van der Waals surface area contributed by atoms with Gasteiger partial charge in [-0.3, -0.25) is 4.79 Å². The van der Waals surface area contributed by atoms with E-state index in [1.165, 1.54) is 6.92 Å². The van der Waals surface area contributed by atoms with Crippen molar-refractivity contribution < 1.29 is 18.3 Å². The van der Waals surface area contributed by atoms with Crippen LogP contribution in [-0.4, -0.2) is 11.9 Å². The molecule has 0 spiro atoms. The molecule has 0 bridgehead atoms. The van der Waals surface area contributed by atoms with E-state index in [1.54, 1.807) is 24.3 Å². The van der Waals surface area contributed by atoms with Gasteiger partial charge in [0.2, 0.25) is 5.78 Å². The van der Waals surface area contributed by atoms with Crippen LogP contribution in [-0.2, 0) is 0 Å². The maximum atomic E-state index is 13.1. The first-order valence-electron chi connectivity index (χ1n) is 5.88. The highest BCUT2D eigenvalue weighted by Crippen LogP contribution is 2.20. The Kier molecular flexibility index (Phi) is 4.35. The summed E-state index contributed by atoms with van der Waals surface area (Å²) in [5.41, 5.74) is -0.0722. The molecule has 104 valence electrons. The fraction of sp³-hybridized carbons (Fsp3) is 0.133. The van der Waals surface area contributed by atoms with Crippen LogP contribution in [0, 0.1) is 11.6 Å². The van der Waals surface area contributed by atoms with Crippen molar-refractivity contribution in [3.8, 4) is 5.75 Å². The van der Waals surface area contributed by atoms with Crippen LogP contribution in [0.25, 0.3) is 0 Å². The van der Waals surface area contributed by atoms with Crippen molar-refractivity contribution in [1.82, 2.24) is 0 Å². The highest BCUT2D eigenvalue weighted by molar-refractivity contribution is 6.30. The number of carbonyl (C=O) groups is 1. The summed E-state index contributed by atoms with van der Waals surface area (Å²) in [6.45, 7) is 1.51. The van der Waals surface area contributed by atoms with Gasteiger partial charge in [-0.25, -0.2) is 8.78 Å². The summed E-state index contributed by atoms with van der Waals surface area (Å²) in [5.74, 6) is -1.70. The fourth-order valence-corrected chi connectivity index (χ4v) is 1.91. The van der Waals surface area contributed by atoms with Crippen LogP contribution >= 0.6 is 11.6 Å². The molecular formula is C15H11ClF2O2. The summed E-state index contributed by atoms with van der Waals surface area (Å²) in [6.07, 6.45) is -0.880. The summed E-state index contributed by atoms with van der Waals surface area (Å²) >= 11 is 5.80. The van der Waals surface area contributed by atoms with Crippen LogP contribution in [0.2, 0.25) is 5.02 Å². The summed E-state index contributed by atoms with van der Waals surface area (Å²) in [6, 6.07) is 9.20. The van der Waals surface area contributed by atoms with Crippen LogP contribution in [0.5, 0.6) is 5.75 Å². The van der Waals surface area contributed by atoms with Crippen molar-refractivity contribution in [2.45, 2.75) is 13.0 Å². The highest BCUT2D eigenvalue weighted by Gasteiger charge is 2.18. The lowest BCUT2D eigenvalue weighted by Crippen LogP contribution is -2.24. The minimum atomic E-state index is -0.880. The Bertz CT molecular complexity index is 623. The molecule has 0 aliphatic rings. The second-order valence-corrected chi connectivity index (χ2v) is 4.68. The summed E-state index contributed by atoms with van der Waals surface area (Å²) in [5, 5.41) is 0.471. The lowest BCUT2D eigenvalue weighted by atomic mass is 10.1. The third-order valence-electron chi connectivity index (χ3n) is 2.63.